The molecule has 1 aliphatic rings. The Bertz CT molecular complexity index is 1270. The highest BCUT2D eigenvalue weighted by Crippen LogP contribution is 2.30. The topological polar surface area (TPSA) is 204 Å². The maximum atomic E-state index is 12.4. The lowest BCUT2D eigenvalue weighted by Crippen LogP contribution is -2.42. The Morgan fingerprint density at radius 2 is 1.67 bits per heavy atom. The molecule has 2 amide bonds. The van der Waals surface area contributed by atoms with Crippen molar-refractivity contribution in [2.24, 2.45) is 16.5 Å². The molecule has 2 aromatic rings. The van der Waals surface area contributed by atoms with Gasteiger partial charge in [0.15, 0.2) is 28.4 Å². The van der Waals surface area contributed by atoms with Gasteiger partial charge in [0.25, 0.3) is 5.91 Å². The highest BCUT2D eigenvalue weighted by atomic mass is 35.5. The summed E-state index contributed by atoms with van der Waals surface area (Å²) in [5.41, 5.74) is 28.3. The number of rotatable bonds is 15. The number of nitrogens with zero attached hydrogens (tertiary/aromatic N) is 4. The van der Waals surface area contributed by atoms with Crippen molar-refractivity contribution in [1.82, 2.24) is 25.5 Å². The SMILES string of the molecule is CN(C)CCCN[C@@H](CCc1ccc(CCCCN=C(N)NC(=O)c2nc(Cl)c(N)nc2N)c2c1CCCC2)C(N)=O. The van der Waals surface area contributed by atoms with Gasteiger partial charge in [-0.3, -0.25) is 19.9 Å². The number of unbranched alkanes of at least 4 members (excludes halogenated alkanes) is 1. The summed E-state index contributed by atoms with van der Waals surface area (Å²) in [5, 5.41) is 5.69. The molecule has 3 rings (SSSR count). The second-order valence-electron chi connectivity index (χ2n) is 11.0. The molecular formula is C29H45ClN10O2. The minimum Gasteiger partial charge on any atom is -0.382 e. The van der Waals surface area contributed by atoms with Crippen molar-refractivity contribution >= 4 is 41.0 Å². The largest absolute Gasteiger partial charge is 0.382 e. The second-order valence-corrected chi connectivity index (χ2v) is 11.3. The number of benzene rings is 1. The van der Waals surface area contributed by atoms with E-state index in [1.54, 1.807) is 0 Å². The average molecular weight is 601 g/mol. The molecule has 13 heteroatoms. The predicted molar refractivity (Wildman–Crippen MR) is 168 cm³/mol. The van der Waals surface area contributed by atoms with E-state index in [-0.39, 0.29) is 40.4 Å². The third kappa shape index (κ3) is 9.81. The molecule has 0 saturated carbocycles. The van der Waals surface area contributed by atoms with Gasteiger partial charge in [-0.2, -0.15) is 0 Å². The lowest BCUT2D eigenvalue weighted by atomic mass is 9.82. The Morgan fingerprint density at radius 1 is 1.00 bits per heavy atom. The number of fused-ring (bicyclic) bond motifs is 1. The van der Waals surface area contributed by atoms with Crippen LogP contribution in [0, 0.1) is 0 Å². The molecule has 1 heterocycles. The number of anilines is 2. The fourth-order valence-electron chi connectivity index (χ4n) is 5.25. The first kappa shape index (κ1) is 33.0. The number of amides is 2. The highest BCUT2D eigenvalue weighted by molar-refractivity contribution is 6.31. The van der Waals surface area contributed by atoms with Gasteiger partial charge in [-0.1, -0.05) is 23.7 Å². The Morgan fingerprint density at radius 3 is 2.31 bits per heavy atom. The van der Waals surface area contributed by atoms with E-state index in [4.69, 9.17) is 34.5 Å². The standard InChI is InChI=1S/C29H45ClN10O2/c1-40(2)17-7-16-35-22(27(33)41)14-13-19-12-11-18(20-9-3-4-10-21(19)20)8-5-6-15-36-29(34)39-28(42)23-25(31)38-26(32)24(30)37-23/h11-12,22,35H,3-10,13-17H2,1-2H3,(H2,33,41)(H4,31,32,38)(H3,34,36,39,42)/t22-/m0/s1. The number of hydrogen-bond acceptors (Lipinski definition) is 9. The first-order valence-corrected chi connectivity index (χ1v) is 14.9. The van der Waals surface area contributed by atoms with Gasteiger partial charge in [0.1, 0.15) is 0 Å². The normalized spacial score (nSPS) is 14.0. The molecule has 0 bridgehead atoms. The Labute approximate surface area is 253 Å². The van der Waals surface area contributed by atoms with Crippen molar-refractivity contribution in [1.29, 1.82) is 0 Å². The van der Waals surface area contributed by atoms with E-state index in [1.807, 2.05) is 14.1 Å². The van der Waals surface area contributed by atoms with Crippen molar-refractivity contribution in [3.63, 3.8) is 0 Å². The molecule has 1 atom stereocenters. The molecule has 12 nitrogen and oxygen atoms in total. The van der Waals surface area contributed by atoms with Crippen LogP contribution in [0.25, 0.3) is 0 Å². The number of primary amides is 1. The van der Waals surface area contributed by atoms with E-state index in [1.165, 1.54) is 35.1 Å². The van der Waals surface area contributed by atoms with Gasteiger partial charge in [0, 0.05) is 6.54 Å². The number of nitrogens with two attached hydrogens (primary N) is 4. The molecular weight excluding hydrogens is 556 g/mol. The summed E-state index contributed by atoms with van der Waals surface area (Å²) in [6.07, 6.45) is 9.71. The van der Waals surface area contributed by atoms with E-state index < -0.39 is 5.91 Å². The van der Waals surface area contributed by atoms with Crippen LogP contribution in [-0.4, -0.2) is 72.4 Å². The molecule has 230 valence electrons. The molecule has 0 saturated heterocycles. The zero-order valence-corrected chi connectivity index (χ0v) is 25.5. The van der Waals surface area contributed by atoms with E-state index in [2.05, 4.69) is 42.6 Å². The molecule has 1 aromatic heterocycles. The zero-order chi connectivity index (χ0) is 30.6. The van der Waals surface area contributed by atoms with Gasteiger partial charge in [0.05, 0.1) is 6.04 Å². The zero-order valence-electron chi connectivity index (χ0n) is 24.7. The number of hydrogen-bond donors (Lipinski definition) is 6. The van der Waals surface area contributed by atoms with Crippen LogP contribution < -0.4 is 33.6 Å². The Hall–Kier alpha value is -3.48. The van der Waals surface area contributed by atoms with Crippen LogP contribution in [0.5, 0.6) is 0 Å². The number of nitrogens with one attached hydrogen (secondary N) is 2. The first-order chi connectivity index (χ1) is 20.1. The summed E-state index contributed by atoms with van der Waals surface area (Å²) in [6.45, 7) is 2.20. The summed E-state index contributed by atoms with van der Waals surface area (Å²) in [5.74, 6) is -1.18. The van der Waals surface area contributed by atoms with Crippen molar-refractivity contribution in [3.05, 3.63) is 45.2 Å². The van der Waals surface area contributed by atoms with Crippen molar-refractivity contribution in [3.8, 4) is 0 Å². The number of carbonyl (C=O) groups is 2. The number of aryl methyl sites for hydroxylation is 2. The first-order valence-electron chi connectivity index (χ1n) is 14.6. The molecule has 0 spiro atoms. The smallest absolute Gasteiger partial charge is 0.280 e. The van der Waals surface area contributed by atoms with Crippen LogP contribution in [0.2, 0.25) is 5.15 Å². The number of nitrogen functional groups attached to an aromatic ring is 2. The molecule has 10 N–H and O–H groups in total. The minimum atomic E-state index is -0.655. The molecule has 1 aromatic carbocycles. The lowest BCUT2D eigenvalue weighted by Gasteiger charge is -2.24. The van der Waals surface area contributed by atoms with Crippen LogP contribution in [0.15, 0.2) is 17.1 Å². The van der Waals surface area contributed by atoms with E-state index >= 15 is 0 Å². The molecule has 0 radical (unpaired) electrons. The van der Waals surface area contributed by atoms with Crippen LogP contribution in [0.1, 0.15) is 71.3 Å². The average Bonchev–Trinajstić information content (AvgIpc) is 2.94. The summed E-state index contributed by atoms with van der Waals surface area (Å²) in [6, 6.07) is 4.15. The number of aliphatic imine (C=N–C) groups is 1. The van der Waals surface area contributed by atoms with Crippen LogP contribution >= 0.6 is 11.6 Å². The highest BCUT2D eigenvalue weighted by Gasteiger charge is 2.20. The Balaban J connectivity index is 1.51. The quantitative estimate of drug-likeness (QED) is 0.0995. The van der Waals surface area contributed by atoms with Crippen LogP contribution in [0.3, 0.4) is 0 Å². The summed E-state index contributed by atoms with van der Waals surface area (Å²) in [7, 11) is 4.08. The lowest BCUT2D eigenvalue weighted by molar-refractivity contribution is -0.120. The van der Waals surface area contributed by atoms with Gasteiger partial charge in [-0.15, -0.1) is 0 Å². The van der Waals surface area contributed by atoms with Crippen molar-refractivity contribution in [2.45, 2.75) is 70.3 Å². The Kier molecular flexibility index (Phi) is 12.8. The number of guanidine groups is 1. The maximum absolute atomic E-state index is 12.4. The molecule has 0 aliphatic heterocycles. The maximum Gasteiger partial charge on any atom is 0.280 e. The number of carbonyl (C=O) groups excluding carboxylic acids is 2. The van der Waals surface area contributed by atoms with Gasteiger partial charge < -0.3 is 33.2 Å². The number of aromatic nitrogens is 2. The molecule has 0 fully saturated rings. The van der Waals surface area contributed by atoms with Gasteiger partial charge in [0.2, 0.25) is 5.91 Å². The van der Waals surface area contributed by atoms with Crippen LogP contribution in [0.4, 0.5) is 11.6 Å². The summed E-state index contributed by atoms with van der Waals surface area (Å²) < 4.78 is 0. The predicted octanol–water partition coefficient (Wildman–Crippen LogP) is 1.57. The molecule has 0 unspecified atom stereocenters. The van der Waals surface area contributed by atoms with Crippen molar-refractivity contribution in [2.75, 3.05) is 45.2 Å². The summed E-state index contributed by atoms with van der Waals surface area (Å²) >= 11 is 5.84. The van der Waals surface area contributed by atoms with E-state index in [0.29, 0.717) is 13.0 Å². The van der Waals surface area contributed by atoms with E-state index in [0.717, 1.165) is 58.0 Å². The summed E-state index contributed by atoms with van der Waals surface area (Å²) in [4.78, 5) is 38.5. The fraction of sp³-hybridized carbons (Fsp3) is 0.552. The minimum absolute atomic E-state index is 0.0302. The van der Waals surface area contributed by atoms with E-state index in [9.17, 15) is 9.59 Å². The molecule has 42 heavy (non-hydrogen) atoms. The van der Waals surface area contributed by atoms with Gasteiger partial charge in [-0.05, 0) is 114 Å². The van der Waals surface area contributed by atoms with Crippen molar-refractivity contribution < 1.29 is 9.59 Å². The van der Waals surface area contributed by atoms with Gasteiger partial charge >= 0.3 is 0 Å². The van der Waals surface area contributed by atoms with Gasteiger partial charge in [-0.25, -0.2) is 9.97 Å². The monoisotopic (exact) mass is 600 g/mol. The molecule has 1 aliphatic carbocycles. The fourth-order valence-corrected chi connectivity index (χ4v) is 5.38. The third-order valence-electron chi connectivity index (χ3n) is 7.45. The second kappa shape index (κ2) is 16.2. The third-order valence-corrected chi connectivity index (χ3v) is 7.72. The van der Waals surface area contributed by atoms with Crippen LogP contribution in [-0.2, 0) is 30.5 Å². The number of halogens is 1.